The van der Waals surface area contributed by atoms with Crippen molar-refractivity contribution in [3.05, 3.63) is 97.2 Å². The molecule has 62 heavy (non-hydrogen) atoms. The predicted molar refractivity (Wildman–Crippen MR) is 256 cm³/mol. The van der Waals surface area contributed by atoms with Crippen LogP contribution in [0.15, 0.2) is 97.2 Å². The SMILES string of the molecule is CC/C=C\C/C=C\C/C=C\C/C=C\C/C=C\CCOCC(COC1OC(CO)C(O)C(O)C1O)OC(=O)CCCCCCCCCC/C=C\C/C=C\C/C=C\CCCCCCC. The molecule has 0 radical (unpaired) electrons. The molecule has 6 unspecified atom stereocenters. The maximum atomic E-state index is 12.8. The maximum absolute atomic E-state index is 12.8. The molecule has 1 saturated heterocycles. The number of aliphatic hydroxyl groups excluding tert-OH is 4. The second kappa shape index (κ2) is 43.4. The third-order valence-electron chi connectivity index (χ3n) is 10.5. The largest absolute Gasteiger partial charge is 0.457 e. The van der Waals surface area contributed by atoms with Crippen molar-refractivity contribution in [1.82, 2.24) is 0 Å². The van der Waals surface area contributed by atoms with E-state index in [1.54, 1.807) is 0 Å². The standard InChI is InChI=1S/C53H88O9/c1-3-5-7-9-11-13-15-17-19-21-22-23-24-25-26-27-28-30-32-34-36-38-40-42-49(55)61-47(46-60-53-52(58)51(57)50(56)48(44-54)62-53)45-59-43-41-39-37-35-33-31-29-20-18-16-14-12-10-8-6-4-2/h6,8,12,14-15,17-18,20-22,24-25,31,33,37,39,47-48,50-54,56-58H,3-5,7,9-11,13,16,19,23,26-30,32,34-36,38,40-46H2,1-2H3/b8-6-,14-12-,17-15-,20-18-,22-21-,25-24-,33-31-,39-37-. The van der Waals surface area contributed by atoms with Crippen LogP contribution < -0.4 is 0 Å². The number of ether oxygens (including phenoxy) is 4. The van der Waals surface area contributed by atoms with Crippen LogP contribution >= 0.6 is 0 Å². The van der Waals surface area contributed by atoms with E-state index in [9.17, 15) is 25.2 Å². The summed E-state index contributed by atoms with van der Waals surface area (Å²) in [6.45, 7) is 4.19. The van der Waals surface area contributed by atoms with Crippen molar-refractivity contribution in [2.24, 2.45) is 0 Å². The number of allylic oxidation sites excluding steroid dienone is 15. The molecule has 0 amide bonds. The number of esters is 1. The summed E-state index contributed by atoms with van der Waals surface area (Å²) in [5, 5.41) is 40.2. The lowest BCUT2D eigenvalue weighted by atomic mass is 9.99. The summed E-state index contributed by atoms with van der Waals surface area (Å²) >= 11 is 0. The first kappa shape index (κ1) is 57.1. The van der Waals surface area contributed by atoms with Crippen molar-refractivity contribution >= 4 is 5.97 Å². The number of aliphatic hydroxyl groups is 4. The molecule has 0 spiro atoms. The van der Waals surface area contributed by atoms with Gasteiger partial charge in [0.1, 0.15) is 30.5 Å². The summed E-state index contributed by atoms with van der Waals surface area (Å²) in [5.41, 5.74) is 0. The highest BCUT2D eigenvalue weighted by Gasteiger charge is 2.44. The van der Waals surface area contributed by atoms with Crippen LogP contribution in [0.3, 0.4) is 0 Å². The number of carbonyl (C=O) groups is 1. The van der Waals surface area contributed by atoms with Crippen molar-refractivity contribution < 1.29 is 44.2 Å². The predicted octanol–water partition coefficient (Wildman–Crippen LogP) is 11.6. The fraction of sp³-hybridized carbons (Fsp3) is 0.679. The Morgan fingerprint density at radius 2 is 0.984 bits per heavy atom. The first-order chi connectivity index (χ1) is 30.4. The summed E-state index contributed by atoms with van der Waals surface area (Å²) in [7, 11) is 0. The smallest absolute Gasteiger partial charge is 0.306 e. The molecule has 1 heterocycles. The van der Waals surface area contributed by atoms with Crippen molar-refractivity contribution in [2.45, 2.75) is 205 Å². The van der Waals surface area contributed by atoms with E-state index in [-0.39, 0.29) is 25.6 Å². The summed E-state index contributed by atoms with van der Waals surface area (Å²) in [6, 6.07) is 0. The minimum atomic E-state index is -1.56. The van der Waals surface area contributed by atoms with Gasteiger partial charge in [0.25, 0.3) is 0 Å². The van der Waals surface area contributed by atoms with E-state index in [0.29, 0.717) is 13.0 Å². The van der Waals surface area contributed by atoms with Gasteiger partial charge in [0, 0.05) is 6.42 Å². The zero-order valence-corrected chi connectivity index (χ0v) is 38.8. The monoisotopic (exact) mass is 869 g/mol. The van der Waals surface area contributed by atoms with E-state index in [1.807, 2.05) is 0 Å². The molecule has 1 fully saturated rings. The molecule has 0 aromatic heterocycles. The highest BCUT2D eigenvalue weighted by Crippen LogP contribution is 2.22. The maximum Gasteiger partial charge on any atom is 0.306 e. The molecule has 0 aliphatic carbocycles. The molecule has 0 bridgehead atoms. The van der Waals surface area contributed by atoms with Gasteiger partial charge in [0.2, 0.25) is 0 Å². The van der Waals surface area contributed by atoms with Gasteiger partial charge in [-0.05, 0) is 83.5 Å². The van der Waals surface area contributed by atoms with Crippen LogP contribution in [0, 0.1) is 0 Å². The Morgan fingerprint density at radius 1 is 0.532 bits per heavy atom. The second-order valence-corrected chi connectivity index (χ2v) is 16.2. The lowest BCUT2D eigenvalue weighted by Crippen LogP contribution is -2.59. The van der Waals surface area contributed by atoms with Gasteiger partial charge in [-0.25, -0.2) is 0 Å². The minimum absolute atomic E-state index is 0.0813. The number of hydrogen-bond donors (Lipinski definition) is 4. The van der Waals surface area contributed by atoms with Crippen LogP contribution in [-0.2, 0) is 23.7 Å². The van der Waals surface area contributed by atoms with E-state index in [0.717, 1.165) is 77.0 Å². The van der Waals surface area contributed by atoms with E-state index in [4.69, 9.17) is 18.9 Å². The van der Waals surface area contributed by atoms with Crippen LogP contribution in [0.1, 0.15) is 168 Å². The highest BCUT2D eigenvalue weighted by molar-refractivity contribution is 5.69. The van der Waals surface area contributed by atoms with Crippen LogP contribution in [0.25, 0.3) is 0 Å². The fourth-order valence-electron chi connectivity index (χ4n) is 6.74. The second-order valence-electron chi connectivity index (χ2n) is 16.2. The molecule has 4 N–H and O–H groups in total. The number of rotatable bonds is 40. The van der Waals surface area contributed by atoms with E-state index >= 15 is 0 Å². The zero-order chi connectivity index (χ0) is 45.0. The molecule has 1 aliphatic heterocycles. The fourth-order valence-corrected chi connectivity index (χ4v) is 6.74. The van der Waals surface area contributed by atoms with Gasteiger partial charge in [-0.3, -0.25) is 4.79 Å². The topological polar surface area (TPSA) is 135 Å². The first-order valence-corrected chi connectivity index (χ1v) is 24.3. The Morgan fingerprint density at radius 3 is 1.48 bits per heavy atom. The quantitative estimate of drug-likeness (QED) is 0.0270. The normalized spacial score (nSPS) is 20.6. The molecule has 0 aromatic rings. The molecule has 1 aliphatic rings. The molecule has 0 saturated carbocycles. The summed E-state index contributed by atoms with van der Waals surface area (Å²) in [4.78, 5) is 12.8. The average Bonchev–Trinajstić information content (AvgIpc) is 3.27. The van der Waals surface area contributed by atoms with Gasteiger partial charge in [0.05, 0.1) is 26.4 Å². The lowest BCUT2D eigenvalue weighted by Gasteiger charge is -2.39. The molecule has 354 valence electrons. The third-order valence-corrected chi connectivity index (χ3v) is 10.5. The van der Waals surface area contributed by atoms with Crippen molar-refractivity contribution in [3.8, 4) is 0 Å². The Labute approximate surface area is 377 Å². The zero-order valence-electron chi connectivity index (χ0n) is 38.8. The lowest BCUT2D eigenvalue weighted by molar-refractivity contribution is -0.305. The summed E-state index contributed by atoms with van der Waals surface area (Å²) < 4.78 is 22.7. The van der Waals surface area contributed by atoms with Crippen LogP contribution in [0.4, 0.5) is 0 Å². The van der Waals surface area contributed by atoms with E-state index < -0.39 is 43.4 Å². The molecular weight excluding hydrogens is 781 g/mol. The molecule has 9 heteroatoms. The highest BCUT2D eigenvalue weighted by atomic mass is 16.7. The Hall–Kier alpha value is -2.89. The molecule has 1 rings (SSSR count). The Kier molecular flexibility index (Phi) is 40.0. The van der Waals surface area contributed by atoms with E-state index in [2.05, 4.69) is 111 Å². The number of hydrogen-bond acceptors (Lipinski definition) is 9. The van der Waals surface area contributed by atoms with Crippen LogP contribution in [-0.4, -0.2) is 89.6 Å². The number of unbranched alkanes of at least 4 members (excludes halogenated alkanes) is 13. The molecular formula is C53H88O9. The van der Waals surface area contributed by atoms with Gasteiger partial charge in [0.15, 0.2) is 6.29 Å². The Bertz CT molecular complexity index is 1260. The molecule has 6 atom stereocenters. The van der Waals surface area contributed by atoms with Crippen molar-refractivity contribution in [2.75, 3.05) is 26.4 Å². The number of carbonyl (C=O) groups excluding carboxylic acids is 1. The summed E-state index contributed by atoms with van der Waals surface area (Å²) in [6.07, 6.45) is 53.1. The minimum Gasteiger partial charge on any atom is -0.457 e. The van der Waals surface area contributed by atoms with Crippen LogP contribution in [0.2, 0.25) is 0 Å². The van der Waals surface area contributed by atoms with Gasteiger partial charge in [-0.2, -0.15) is 0 Å². The van der Waals surface area contributed by atoms with Gasteiger partial charge in [-0.15, -0.1) is 0 Å². The first-order valence-electron chi connectivity index (χ1n) is 24.3. The van der Waals surface area contributed by atoms with Gasteiger partial charge >= 0.3 is 5.97 Å². The molecule has 9 nitrogen and oxygen atoms in total. The summed E-state index contributed by atoms with van der Waals surface area (Å²) in [5.74, 6) is -0.349. The van der Waals surface area contributed by atoms with Gasteiger partial charge < -0.3 is 39.4 Å². The van der Waals surface area contributed by atoms with Gasteiger partial charge in [-0.1, -0.05) is 175 Å². The van der Waals surface area contributed by atoms with Crippen LogP contribution in [0.5, 0.6) is 0 Å². The third kappa shape index (κ3) is 33.6. The Balaban J connectivity index is 2.28. The average molecular weight is 869 g/mol. The van der Waals surface area contributed by atoms with Crippen molar-refractivity contribution in [1.29, 1.82) is 0 Å². The molecule has 0 aromatic carbocycles. The van der Waals surface area contributed by atoms with E-state index in [1.165, 1.54) is 64.2 Å². The van der Waals surface area contributed by atoms with Crippen molar-refractivity contribution in [3.63, 3.8) is 0 Å².